The van der Waals surface area contributed by atoms with Crippen molar-refractivity contribution >= 4 is 17.8 Å². The molecule has 0 atom stereocenters. The Kier molecular flexibility index (Phi) is 6.59. The number of hydrogen-bond acceptors (Lipinski definition) is 5. The zero-order chi connectivity index (χ0) is 21.5. The number of rotatable bonds is 7. The normalized spacial score (nSPS) is 10.3. The molecule has 1 N–H and O–H groups in total. The minimum atomic E-state index is -0.676. The van der Waals surface area contributed by atoms with Crippen LogP contribution in [0.15, 0.2) is 66.9 Å². The fourth-order valence-corrected chi connectivity index (χ4v) is 2.64. The number of nitrogens with one attached hydrogen (secondary N) is 1. The lowest BCUT2D eigenvalue weighted by Gasteiger charge is -2.11. The molecule has 0 spiro atoms. The van der Waals surface area contributed by atoms with Gasteiger partial charge in [-0.25, -0.2) is 9.48 Å². The maximum atomic E-state index is 12.7. The van der Waals surface area contributed by atoms with Crippen molar-refractivity contribution in [3.05, 3.63) is 72.4 Å². The van der Waals surface area contributed by atoms with Crippen LogP contribution in [0.3, 0.4) is 0 Å². The van der Waals surface area contributed by atoms with Gasteiger partial charge in [-0.15, -0.1) is 0 Å². The third kappa shape index (κ3) is 5.11. The number of carbonyl (C=O) groups is 3. The summed E-state index contributed by atoms with van der Waals surface area (Å²) in [6.45, 7) is -0.658. The number of likely N-dealkylation sites (N-methyl/N-ethyl adjacent to an activating group) is 1. The van der Waals surface area contributed by atoms with Crippen molar-refractivity contribution in [3.63, 3.8) is 0 Å². The molecule has 0 aliphatic heterocycles. The number of carbonyl (C=O) groups excluding carboxylic acids is 3. The summed E-state index contributed by atoms with van der Waals surface area (Å²) in [5.74, 6) is -1.49. The maximum absolute atomic E-state index is 12.7. The van der Waals surface area contributed by atoms with Gasteiger partial charge < -0.3 is 15.0 Å². The fourth-order valence-electron chi connectivity index (χ4n) is 2.64. The van der Waals surface area contributed by atoms with E-state index < -0.39 is 18.5 Å². The summed E-state index contributed by atoms with van der Waals surface area (Å²) in [5, 5.41) is 6.96. The summed E-state index contributed by atoms with van der Waals surface area (Å²) in [7, 11) is 3.17. The Labute approximate surface area is 174 Å². The number of benzene rings is 2. The predicted molar refractivity (Wildman–Crippen MR) is 111 cm³/mol. The minimum absolute atomic E-state index is 0.162. The van der Waals surface area contributed by atoms with E-state index in [9.17, 15) is 14.4 Å². The Bertz CT molecular complexity index is 1030. The first-order valence-electron chi connectivity index (χ1n) is 9.30. The minimum Gasteiger partial charge on any atom is -0.452 e. The second-order valence-corrected chi connectivity index (χ2v) is 6.68. The van der Waals surface area contributed by atoms with Gasteiger partial charge in [0.05, 0.1) is 12.2 Å². The van der Waals surface area contributed by atoms with Crippen LogP contribution in [0, 0.1) is 0 Å². The Balaban J connectivity index is 1.77. The lowest BCUT2D eigenvalue weighted by Crippen LogP contribution is -2.38. The van der Waals surface area contributed by atoms with E-state index in [1.54, 1.807) is 25.0 Å². The average molecular weight is 406 g/mol. The van der Waals surface area contributed by atoms with E-state index in [4.69, 9.17) is 4.74 Å². The Morgan fingerprint density at radius 2 is 1.63 bits per heavy atom. The second kappa shape index (κ2) is 9.51. The van der Waals surface area contributed by atoms with Crippen molar-refractivity contribution in [3.8, 4) is 16.9 Å². The van der Waals surface area contributed by atoms with E-state index in [1.165, 1.54) is 4.90 Å². The highest BCUT2D eigenvalue weighted by Crippen LogP contribution is 2.24. The Hall–Kier alpha value is -3.94. The van der Waals surface area contributed by atoms with Gasteiger partial charge in [0, 0.05) is 25.9 Å². The molecule has 3 aromatic rings. The second-order valence-electron chi connectivity index (χ2n) is 6.68. The molecule has 2 amide bonds. The van der Waals surface area contributed by atoms with Crippen LogP contribution in [0.1, 0.15) is 10.4 Å². The van der Waals surface area contributed by atoms with Crippen LogP contribution in [0.5, 0.6) is 0 Å². The van der Waals surface area contributed by atoms with Gasteiger partial charge in [-0.05, 0) is 12.1 Å². The molecule has 30 heavy (non-hydrogen) atoms. The highest BCUT2D eigenvalue weighted by Gasteiger charge is 2.21. The first-order valence-corrected chi connectivity index (χ1v) is 9.30. The maximum Gasteiger partial charge on any atom is 0.342 e. The monoisotopic (exact) mass is 406 g/mol. The molecule has 1 aromatic heterocycles. The molecule has 0 bridgehead atoms. The molecule has 0 aliphatic rings. The van der Waals surface area contributed by atoms with Crippen LogP contribution in [0.4, 0.5) is 0 Å². The summed E-state index contributed by atoms with van der Waals surface area (Å²) in [6.07, 6.45) is 1.58. The summed E-state index contributed by atoms with van der Waals surface area (Å²) in [4.78, 5) is 37.5. The number of esters is 1. The molecular weight excluding hydrogens is 384 g/mol. The molecule has 0 unspecified atom stereocenters. The van der Waals surface area contributed by atoms with Gasteiger partial charge >= 0.3 is 5.97 Å². The van der Waals surface area contributed by atoms with E-state index in [-0.39, 0.29) is 18.0 Å². The van der Waals surface area contributed by atoms with Gasteiger partial charge in [-0.1, -0.05) is 48.5 Å². The van der Waals surface area contributed by atoms with Crippen LogP contribution in [-0.2, 0) is 14.3 Å². The van der Waals surface area contributed by atoms with E-state index >= 15 is 0 Å². The molecule has 0 fully saturated rings. The molecule has 3 rings (SSSR count). The molecule has 8 heteroatoms. The first-order chi connectivity index (χ1) is 14.5. The van der Waals surface area contributed by atoms with E-state index in [0.717, 1.165) is 11.3 Å². The lowest BCUT2D eigenvalue weighted by molar-refractivity contribution is -0.131. The molecule has 0 radical (unpaired) electrons. The molecule has 1 heterocycles. The standard InChI is InChI=1S/C22H22N4O4/c1-25(2)20(28)13-23-19(27)15-30-22(29)18-14-26(17-11-7-4-8-12-17)24-21(18)16-9-5-3-6-10-16/h3-12,14H,13,15H2,1-2H3,(H,23,27). The summed E-state index contributed by atoms with van der Waals surface area (Å²) < 4.78 is 6.76. The van der Waals surface area contributed by atoms with Gasteiger partial charge in [0.25, 0.3) is 5.91 Å². The quantitative estimate of drug-likeness (QED) is 0.605. The highest BCUT2D eigenvalue weighted by molar-refractivity contribution is 5.97. The topological polar surface area (TPSA) is 93.5 Å². The molecule has 2 aromatic carbocycles. The van der Waals surface area contributed by atoms with Crippen molar-refractivity contribution in [2.45, 2.75) is 0 Å². The Morgan fingerprint density at radius 3 is 2.27 bits per heavy atom. The van der Waals surface area contributed by atoms with Gasteiger partial charge in [0.2, 0.25) is 5.91 Å². The number of aromatic nitrogens is 2. The largest absolute Gasteiger partial charge is 0.452 e. The van der Waals surface area contributed by atoms with Crippen molar-refractivity contribution in [2.24, 2.45) is 0 Å². The number of nitrogens with zero attached hydrogens (tertiary/aromatic N) is 3. The number of hydrogen-bond donors (Lipinski definition) is 1. The average Bonchev–Trinajstić information content (AvgIpc) is 3.22. The van der Waals surface area contributed by atoms with Crippen LogP contribution in [-0.4, -0.2) is 59.7 Å². The van der Waals surface area contributed by atoms with Gasteiger partial charge in [-0.2, -0.15) is 5.10 Å². The number of para-hydroxylation sites is 1. The van der Waals surface area contributed by atoms with E-state index in [1.807, 2.05) is 60.7 Å². The van der Waals surface area contributed by atoms with Gasteiger partial charge in [0.15, 0.2) is 6.61 Å². The predicted octanol–water partition coefficient (Wildman–Crippen LogP) is 1.90. The van der Waals surface area contributed by atoms with Gasteiger partial charge in [0.1, 0.15) is 11.3 Å². The molecule has 0 saturated carbocycles. The highest BCUT2D eigenvalue weighted by atomic mass is 16.5. The van der Waals surface area contributed by atoms with Crippen molar-refractivity contribution in [1.82, 2.24) is 20.0 Å². The molecular formula is C22H22N4O4. The third-order valence-corrected chi connectivity index (χ3v) is 4.27. The van der Waals surface area contributed by atoms with Crippen LogP contribution in [0.25, 0.3) is 16.9 Å². The van der Waals surface area contributed by atoms with Gasteiger partial charge in [-0.3, -0.25) is 9.59 Å². The van der Waals surface area contributed by atoms with E-state index in [2.05, 4.69) is 10.4 Å². The van der Waals surface area contributed by atoms with Crippen LogP contribution < -0.4 is 5.32 Å². The fraction of sp³-hybridized carbons (Fsp3) is 0.182. The summed E-state index contributed by atoms with van der Waals surface area (Å²) >= 11 is 0. The molecule has 8 nitrogen and oxygen atoms in total. The third-order valence-electron chi connectivity index (χ3n) is 4.27. The van der Waals surface area contributed by atoms with Crippen LogP contribution >= 0.6 is 0 Å². The number of amides is 2. The Morgan fingerprint density at radius 1 is 1.00 bits per heavy atom. The zero-order valence-electron chi connectivity index (χ0n) is 16.7. The molecule has 154 valence electrons. The lowest BCUT2D eigenvalue weighted by atomic mass is 10.1. The van der Waals surface area contributed by atoms with Crippen molar-refractivity contribution in [1.29, 1.82) is 0 Å². The van der Waals surface area contributed by atoms with Crippen LogP contribution in [0.2, 0.25) is 0 Å². The smallest absolute Gasteiger partial charge is 0.342 e. The summed E-state index contributed by atoms with van der Waals surface area (Å²) in [6, 6.07) is 18.6. The summed E-state index contributed by atoms with van der Waals surface area (Å²) in [5.41, 5.74) is 2.23. The van der Waals surface area contributed by atoms with E-state index in [0.29, 0.717) is 5.69 Å². The molecule has 0 aliphatic carbocycles. The molecule has 0 saturated heterocycles. The van der Waals surface area contributed by atoms with Crippen molar-refractivity contribution in [2.75, 3.05) is 27.2 Å². The van der Waals surface area contributed by atoms with Crippen molar-refractivity contribution < 1.29 is 19.1 Å². The SMILES string of the molecule is CN(C)C(=O)CNC(=O)COC(=O)c1cn(-c2ccccc2)nc1-c1ccccc1. The first kappa shape index (κ1) is 20.8. The zero-order valence-corrected chi connectivity index (χ0v) is 16.7. The number of ether oxygens (including phenoxy) is 1.